The van der Waals surface area contributed by atoms with Crippen molar-refractivity contribution in [2.45, 2.75) is 150 Å². The number of hydrogen-bond donors (Lipinski definition) is 6. The van der Waals surface area contributed by atoms with E-state index in [1.165, 1.54) is 0 Å². The molecule has 0 saturated carbocycles. The summed E-state index contributed by atoms with van der Waals surface area (Å²) < 4.78 is 11.6. The van der Waals surface area contributed by atoms with E-state index in [1.54, 1.807) is 12.2 Å². The molecule has 0 spiro atoms. The maximum absolute atomic E-state index is 12.9. The van der Waals surface area contributed by atoms with E-state index in [0.29, 0.717) is 25.7 Å². The molecule has 0 fully saturated rings. The number of carbonyl (C=O) groups is 1. The zero-order valence-corrected chi connectivity index (χ0v) is 25.9. The van der Waals surface area contributed by atoms with Crippen LogP contribution in [0.5, 0.6) is 0 Å². The maximum Gasteiger partial charge on any atom is 0.408 e. The molecule has 6 N–H and O–H groups in total. The molecule has 0 aliphatic heterocycles. The average Bonchev–Trinajstić information content (AvgIpc) is 2.71. The van der Waals surface area contributed by atoms with Crippen LogP contribution in [0.15, 0.2) is 12.2 Å². The smallest absolute Gasteiger partial charge is 0.408 e. The fourth-order valence-corrected chi connectivity index (χ4v) is 5.76. The highest BCUT2D eigenvalue weighted by molar-refractivity contribution is 5.68. The lowest BCUT2D eigenvalue weighted by atomic mass is 9.71. The largest absolute Gasteiger partial charge is 0.444 e. The van der Waals surface area contributed by atoms with Crippen LogP contribution in [-0.2, 0) is 9.47 Å². The predicted octanol–water partition coefficient (Wildman–Crippen LogP) is 3.69. The van der Waals surface area contributed by atoms with Gasteiger partial charge in [-0.05, 0) is 55.8 Å². The first-order valence-electron chi connectivity index (χ1n) is 14.2. The number of rotatable bonds is 11. The second kappa shape index (κ2) is 14.1. The van der Waals surface area contributed by atoms with Crippen molar-refractivity contribution in [2.24, 2.45) is 16.2 Å². The number of allylic oxidation sites excluding steroid dienone is 1. The summed E-state index contributed by atoms with van der Waals surface area (Å²) in [7, 11) is 0. The first kappa shape index (κ1) is 35.8. The van der Waals surface area contributed by atoms with Crippen molar-refractivity contribution in [1.29, 1.82) is 0 Å². The van der Waals surface area contributed by atoms with Crippen molar-refractivity contribution < 1.29 is 39.8 Å². The van der Waals surface area contributed by atoms with Crippen molar-refractivity contribution in [2.75, 3.05) is 6.61 Å². The fourth-order valence-electron chi connectivity index (χ4n) is 5.76. The lowest BCUT2D eigenvalue weighted by Crippen LogP contribution is -2.52. The van der Waals surface area contributed by atoms with E-state index in [1.807, 2.05) is 27.7 Å². The lowest BCUT2D eigenvalue weighted by molar-refractivity contribution is -0.118. The highest BCUT2D eigenvalue weighted by Crippen LogP contribution is 2.37. The molecule has 1 aliphatic carbocycles. The van der Waals surface area contributed by atoms with Gasteiger partial charge in [0.1, 0.15) is 23.9 Å². The number of ether oxygens (including phenoxy) is 2. The van der Waals surface area contributed by atoms with Gasteiger partial charge in [0.05, 0.1) is 31.0 Å². The minimum absolute atomic E-state index is 0.0207. The molecule has 1 amide bonds. The summed E-state index contributed by atoms with van der Waals surface area (Å²) in [5, 5.41) is 55.8. The number of aliphatic hydroxyl groups is 5. The fraction of sp³-hybridized carbons (Fsp3) is 0.900. The summed E-state index contributed by atoms with van der Waals surface area (Å²) in [6.07, 6.45) is -2.20. The van der Waals surface area contributed by atoms with Gasteiger partial charge in [-0.1, -0.05) is 67.5 Å². The standard InChI is InChI=1S/C30H57NO8/c1-27(2,3)17-29(7,8)23(34)15-21(33)19(31-26(37)39-30(9,10)18-28(4,5)6)16-38-22-14-12-11-13-20(32)24(35)25(22)36/h12,14,19-25,32-36H,11,13,15-18H2,1-10H3,(H,31,37). The van der Waals surface area contributed by atoms with Gasteiger partial charge in [0.25, 0.3) is 0 Å². The van der Waals surface area contributed by atoms with Crippen molar-refractivity contribution in [3.63, 3.8) is 0 Å². The van der Waals surface area contributed by atoms with Crippen molar-refractivity contribution >= 4 is 6.09 Å². The third kappa shape index (κ3) is 13.3. The van der Waals surface area contributed by atoms with E-state index >= 15 is 0 Å². The van der Waals surface area contributed by atoms with Crippen molar-refractivity contribution in [3.05, 3.63) is 12.2 Å². The van der Waals surface area contributed by atoms with Gasteiger partial charge in [0.15, 0.2) is 0 Å². The minimum atomic E-state index is -1.40. The van der Waals surface area contributed by atoms with Crippen LogP contribution in [0.25, 0.3) is 0 Å². The summed E-state index contributed by atoms with van der Waals surface area (Å²) in [6.45, 7) is 19.7. The molecule has 1 rings (SSSR count). The van der Waals surface area contributed by atoms with E-state index in [-0.39, 0.29) is 23.9 Å². The van der Waals surface area contributed by atoms with Crippen LogP contribution in [0, 0.1) is 16.2 Å². The molecule has 39 heavy (non-hydrogen) atoms. The molecule has 0 aromatic carbocycles. The molecule has 0 aromatic heterocycles. The Bertz CT molecular complexity index is 783. The Morgan fingerprint density at radius 1 is 0.923 bits per heavy atom. The molecule has 0 heterocycles. The number of alkyl carbamates (subject to hydrolysis) is 1. The number of carbonyl (C=O) groups excluding carboxylic acids is 1. The van der Waals surface area contributed by atoms with Gasteiger partial charge in [-0.15, -0.1) is 0 Å². The van der Waals surface area contributed by atoms with E-state index in [9.17, 15) is 30.3 Å². The van der Waals surface area contributed by atoms with Crippen molar-refractivity contribution in [3.8, 4) is 0 Å². The summed E-state index contributed by atoms with van der Waals surface area (Å²) in [6, 6.07) is -0.976. The molecule has 7 unspecified atom stereocenters. The van der Waals surface area contributed by atoms with Crippen LogP contribution < -0.4 is 5.32 Å². The number of hydrogen-bond acceptors (Lipinski definition) is 8. The van der Waals surface area contributed by atoms with Gasteiger partial charge in [-0.25, -0.2) is 4.79 Å². The van der Waals surface area contributed by atoms with E-state index in [0.717, 1.165) is 0 Å². The Kier molecular flexibility index (Phi) is 12.9. The summed E-state index contributed by atoms with van der Waals surface area (Å²) in [5.41, 5.74) is -1.39. The maximum atomic E-state index is 12.9. The van der Waals surface area contributed by atoms with Gasteiger partial charge in [0.2, 0.25) is 0 Å². The molecule has 9 nitrogen and oxygen atoms in total. The summed E-state index contributed by atoms with van der Waals surface area (Å²) >= 11 is 0. The highest BCUT2D eigenvalue weighted by atomic mass is 16.6. The van der Waals surface area contributed by atoms with Crippen LogP contribution in [0.4, 0.5) is 4.79 Å². The molecule has 7 atom stereocenters. The Balaban J connectivity index is 3.08. The van der Waals surface area contributed by atoms with E-state index in [2.05, 4.69) is 46.9 Å². The third-order valence-corrected chi connectivity index (χ3v) is 6.95. The Hall–Kier alpha value is -1.23. The van der Waals surface area contributed by atoms with Crippen LogP contribution in [0.3, 0.4) is 0 Å². The zero-order chi connectivity index (χ0) is 30.4. The Morgan fingerprint density at radius 2 is 1.49 bits per heavy atom. The van der Waals surface area contributed by atoms with Crippen molar-refractivity contribution in [1.82, 2.24) is 5.32 Å². The SMILES string of the molecule is CC(C)(C)CC(C)(C)OC(=O)NC(COC1C=CCCC(O)C(O)C1O)C(O)CC(O)C(C)(C)CC(C)(C)C. The second-order valence-corrected chi connectivity index (χ2v) is 15.0. The lowest BCUT2D eigenvalue weighted by Gasteiger charge is -2.38. The molecular weight excluding hydrogens is 502 g/mol. The highest BCUT2D eigenvalue weighted by Gasteiger charge is 2.38. The molecule has 0 saturated heterocycles. The van der Waals surface area contributed by atoms with Gasteiger partial charge >= 0.3 is 6.09 Å². The van der Waals surface area contributed by atoms with E-state index in [4.69, 9.17) is 9.47 Å². The van der Waals surface area contributed by atoms with Gasteiger partial charge < -0.3 is 40.3 Å². The normalized spacial score (nSPS) is 25.8. The third-order valence-electron chi connectivity index (χ3n) is 6.95. The van der Waals surface area contributed by atoms with Crippen LogP contribution >= 0.6 is 0 Å². The first-order valence-corrected chi connectivity index (χ1v) is 14.2. The van der Waals surface area contributed by atoms with Crippen LogP contribution in [0.1, 0.15) is 101 Å². The molecule has 0 aromatic rings. The molecule has 1 aliphatic rings. The van der Waals surface area contributed by atoms with Crippen LogP contribution in [-0.4, -0.2) is 86.5 Å². The topological polar surface area (TPSA) is 149 Å². The Labute approximate surface area is 236 Å². The first-order chi connectivity index (χ1) is 17.5. The van der Waals surface area contributed by atoms with E-state index < -0.39 is 59.8 Å². The Morgan fingerprint density at radius 3 is 2.03 bits per heavy atom. The van der Waals surface area contributed by atoms with Gasteiger partial charge in [-0.2, -0.15) is 0 Å². The number of nitrogens with one attached hydrogen (secondary N) is 1. The molecule has 9 heteroatoms. The quantitative estimate of drug-likeness (QED) is 0.210. The number of amides is 1. The summed E-state index contributed by atoms with van der Waals surface area (Å²) in [5.74, 6) is 0. The molecule has 230 valence electrons. The molecule has 0 bridgehead atoms. The number of aliphatic hydroxyl groups excluding tert-OH is 5. The minimum Gasteiger partial charge on any atom is -0.444 e. The van der Waals surface area contributed by atoms with Gasteiger partial charge in [-0.3, -0.25) is 0 Å². The predicted molar refractivity (Wildman–Crippen MR) is 152 cm³/mol. The zero-order valence-electron chi connectivity index (χ0n) is 25.9. The monoisotopic (exact) mass is 559 g/mol. The van der Waals surface area contributed by atoms with Crippen LogP contribution in [0.2, 0.25) is 0 Å². The van der Waals surface area contributed by atoms with Gasteiger partial charge in [0, 0.05) is 6.42 Å². The molecular formula is C30H57NO8. The average molecular weight is 560 g/mol. The second-order valence-electron chi connectivity index (χ2n) is 15.0. The molecule has 0 radical (unpaired) electrons. The summed E-state index contributed by atoms with van der Waals surface area (Å²) in [4.78, 5) is 12.9.